The number of benzene rings is 1. The summed E-state index contributed by atoms with van der Waals surface area (Å²) in [4.78, 5) is 11.7. The van der Waals surface area contributed by atoms with Gasteiger partial charge < -0.3 is 10.4 Å². The smallest absolute Gasteiger partial charge is 0.166 e. The number of Topliss-reactive ketones (excluding diaryl/α,β-unsaturated/α-hetero) is 1. The first-order valence-corrected chi connectivity index (χ1v) is 4.79. The molecule has 0 spiro atoms. The van der Waals surface area contributed by atoms with Gasteiger partial charge in [0.05, 0.1) is 5.56 Å². The summed E-state index contributed by atoms with van der Waals surface area (Å²) in [5.41, 5.74) is 0.444. The first-order valence-electron chi connectivity index (χ1n) is 4.79. The highest BCUT2D eigenvalue weighted by Gasteiger charge is 2.21. The fraction of sp³-hybridized carbons (Fsp3) is 0.364. The highest BCUT2D eigenvalue weighted by molar-refractivity contribution is 5.98. The number of carbonyl (C=O) groups excluding carboxylic acids is 1. The number of ketones is 1. The van der Waals surface area contributed by atoms with E-state index in [0.717, 1.165) is 13.1 Å². The fourth-order valence-corrected chi connectivity index (χ4v) is 1.57. The average Bonchev–Trinajstić information content (AvgIpc) is 2.12. The van der Waals surface area contributed by atoms with E-state index < -0.39 is 0 Å². The molecular weight excluding hydrogens is 178 g/mol. The normalized spacial score (nSPS) is 16.3. The molecule has 0 unspecified atom stereocenters. The van der Waals surface area contributed by atoms with Gasteiger partial charge in [-0.1, -0.05) is 12.1 Å². The Balaban J connectivity index is 2.06. The van der Waals surface area contributed by atoms with Crippen LogP contribution in [0.5, 0.6) is 5.75 Å². The Labute approximate surface area is 82.8 Å². The molecule has 0 amide bonds. The van der Waals surface area contributed by atoms with Crippen LogP contribution in [-0.2, 0) is 0 Å². The molecule has 1 aromatic rings. The minimum absolute atomic E-state index is 0.0367. The number of carbonyl (C=O) groups is 1. The summed E-state index contributed by atoms with van der Waals surface area (Å²) in [5.74, 6) is 0.571. The maximum Gasteiger partial charge on any atom is 0.166 e. The van der Waals surface area contributed by atoms with Gasteiger partial charge in [-0.15, -0.1) is 0 Å². The van der Waals surface area contributed by atoms with E-state index in [1.165, 1.54) is 0 Å². The van der Waals surface area contributed by atoms with Gasteiger partial charge in [-0.25, -0.2) is 0 Å². The predicted octanol–water partition coefficient (Wildman–Crippen LogP) is 1.18. The van der Waals surface area contributed by atoms with Crippen molar-refractivity contribution in [2.45, 2.75) is 6.42 Å². The van der Waals surface area contributed by atoms with Crippen LogP contribution in [0, 0.1) is 5.92 Å². The van der Waals surface area contributed by atoms with Crippen LogP contribution < -0.4 is 5.32 Å². The Morgan fingerprint density at radius 3 is 2.71 bits per heavy atom. The summed E-state index contributed by atoms with van der Waals surface area (Å²) in [7, 11) is 0. The average molecular weight is 191 g/mol. The van der Waals surface area contributed by atoms with E-state index in [2.05, 4.69) is 5.32 Å². The van der Waals surface area contributed by atoms with Gasteiger partial charge in [0.15, 0.2) is 5.78 Å². The van der Waals surface area contributed by atoms with Crippen LogP contribution in [0.3, 0.4) is 0 Å². The van der Waals surface area contributed by atoms with Crippen molar-refractivity contribution in [3.63, 3.8) is 0 Å². The number of phenols is 1. The summed E-state index contributed by atoms with van der Waals surface area (Å²) in [6, 6.07) is 6.71. The zero-order valence-corrected chi connectivity index (χ0v) is 7.86. The zero-order chi connectivity index (χ0) is 9.97. The molecule has 0 aliphatic carbocycles. The Bertz CT molecular complexity index is 345. The third-order valence-electron chi connectivity index (χ3n) is 2.54. The lowest BCUT2D eigenvalue weighted by atomic mass is 9.93. The lowest BCUT2D eigenvalue weighted by Gasteiger charge is -2.26. The molecule has 0 bridgehead atoms. The molecule has 0 radical (unpaired) electrons. The van der Waals surface area contributed by atoms with Gasteiger partial charge >= 0.3 is 0 Å². The molecule has 1 aromatic carbocycles. The molecule has 1 heterocycles. The van der Waals surface area contributed by atoms with E-state index >= 15 is 0 Å². The lowest BCUT2D eigenvalue weighted by Crippen LogP contribution is -2.42. The van der Waals surface area contributed by atoms with E-state index in [1.54, 1.807) is 24.3 Å². The standard InChI is InChI=1S/C11H13NO2/c13-10-4-2-1-3-9(10)11(14)5-8-6-12-7-8/h1-4,8,12-13H,5-7H2. The van der Waals surface area contributed by atoms with E-state index in [1.807, 2.05) is 0 Å². The third kappa shape index (κ3) is 1.77. The molecule has 2 rings (SSSR count). The highest BCUT2D eigenvalue weighted by Crippen LogP contribution is 2.20. The molecule has 3 heteroatoms. The van der Waals surface area contributed by atoms with Gasteiger partial charge in [0.25, 0.3) is 0 Å². The number of nitrogens with one attached hydrogen (secondary N) is 1. The number of hydrogen-bond acceptors (Lipinski definition) is 3. The van der Waals surface area contributed by atoms with Crippen molar-refractivity contribution in [1.29, 1.82) is 0 Å². The number of aromatic hydroxyl groups is 1. The molecule has 1 aliphatic heterocycles. The first kappa shape index (κ1) is 9.21. The minimum atomic E-state index is 0.0367. The molecule has 3 nitrogen and oxygen atoms in total. The lowest BCUT2D eigenvalue weighted by molar-refractivity contribution is 0.0943. The summed E-state index contributed by atoms with van der Waals surface area (Å²) in [6.07, 6.45) is 0.532. The van der Waals surface area contributed by atoms with Crippen LogP contribution in [0.4, 0.5) is 0 Å². The summed E-state index contributed by atoms with van der Waals surface area (Å²) < 4.78 is 0. The quantitative estimate of drug-likeness (QED) is 0.705. The number of phenolic OH excluding ortho intramolecular Hbond substituents is 1. The van der Waals surface area contributed by atoms with Gasteiger partial charge in [0.2, 0.25) is 0 Å². The van der Waals surface area contributed by atoms with Crippen molar-refractivity contribution in [2.24, 2.45) is 5.92 Å². The highest BCUT2D eigenvalue weighted by atomic mass is 16.3. The zero-order valence-electron chi connectivity index (χ0n) is 7.86. The SMILES string of the molecule is O=C(CC1CNC1)c1ccccc1O. The van der Waals surface area contributed by atoms with Crippen molar-refractivity contribution in [3.8, 4) is 5.75 Å². The third-order valence-corrected chi connectivity index (χ3v) is 2.54. The largest absolute Gasteiger partial charge is 0.507 e. The molecule has 1 saturated heterocycles. The number of para-hydroxylation sites is 1. The number of rotatable bonds is 3. The molecule has 14 heavy (non-hydrogen) atoms. The second-order valence-electron chi connectivity index (χ2n) is 3.67. The monoisotopic (exact) mass is 191 g/mol. The van der Waals surface area contributed by atoms with Gasteiger partial charge in [0.1, 0.15) is 5.75 Å². The van der Waals surface area contributed by atoms with Crippen molar-refractivity contribution in [2.75, 3.05) is 13.1 Å². The summed E-state index contributed by atoms with van der Waals surface area (Å²) in [6.45, 7) is 1.83. The second kappa shape index (κ2) is 3.80. The molecule has 2 N–H and O–H groups in total. The van der Waals surface area contributed by atoms with Gasteiger partial charge in [-0.2, -0.15) is 0 Å². The van der Waals surface area contributed by atoms with E-state index in [4.69, 9.17) is 0 Å². The van der Waals surface area contributed by atoms with Crippen molar-refractivity contribution < 1.29 is 9.90 Å². The minimum Gasteiger partial charge on any atom is -0.507 e. The fourth-order valence-electron chi connectivity index (χ4n) is 1.57. The van der Waals surface area contributed by atoms with E-state index in [9.17, 15) is 9.90 Å². The van der Waals surface area contributed by atoms with E-state index in [-0.39, 0.29) is 11.5 Å². The molecule has 0 atom stereocenters. The van der Waals surface area contributed by atoms with Crippen LogP contribution in [0.15, 0.2) is 24.3 Å². The first-order chi connectivity index (χ1) is 6.77. The molecule has 1 aliphatic rings. The van der Waals surface area contributed by atoms with Gasteiger partial charge in [-0.3, -0.25) is 4.79 Å². The summed E-state index contributed by atoms with van der Waals surface area (Å²) >= 11 is 0. The van der Waals surface area contributed by atoms with Crippen LogP contribution in [0.25, 0.3) is 0 Å². The van der Waals surface area contributed by atoms with Crippen molar-refractivity contribution in [1.82, 2.24) is 5.32 Å². The molecule has 0 saturated carbocycles. The Morgan fingerprint density at radius 1 is 1.43 bits per heavy atom. The van der Waals surface area contributed by atoms with Gasteiger partial charge in [0, 0.05) is 6.42 Å². The number of hydrogen-bond donors (Lipinski definition) is 2. The van der Waals surface area contributed by atoms with Gasteiger partial charge in [-0.05, 0) is 31.1 Å². The summed E-state index contributed by atoms with van der Waals surface area (Å²) in [5, 5.41) is 12.6. The van der Waals surface area contributed by atoms with Crippen LogP contribution in [0.2, 0.25) is 0 Å². The van der Waals surface area contributed by atoms with Crippen molar-refractivity contribution >= 4 is 5.78 Å². The molecule has 0 aromatic heterocycles. The topological polar surface area (TPSA) is 49.3 Å². The van der Waals surface area contributed by atoms with Crippen LogP contribution >= 0.6 is 0 Å². The second-order valence-corrected chi connectivity index (χ2v) is 3.67. The Kier molecular flexibility index (Phi) is 2.50. The Hall–Kier alpha value is -1.35. The molecule has 74 valence electrons. The predicted molar refractivity (Wildman–Crippen MR) is 53.4 cm³/mol. The molecule has 1 fully saturated rings. The van der Waals surface area contributed by atoms with E-state index in [0.29, 0.717) is 17.9 Å². The molecular formula is C11H13NO2. The van der Waals surface area contributed by atoms with Crippen LogP contribution in [0.1, 0.15) is 16.8 Å². The maximum absolute atomic E-state index is 11.7. The maximum atomic E-state index is 11.7. The van der Waals surface area contributed by atoms with Crippen LogP contribution in [-0.4, -0.2) is 24.0 Å². The van der Waals surface area contributed by atoms with Crippen molar-refractivity contribution in [3.05, 3.63) is 29.8 Å². The Morgan fingerprint density at radius 2 is 2.14 bits per heavy atom.